The van der Waals surface area contributed by atoms with Crippen molar-refractivity contribution >= 4 is 5.91 Å². The van der Waals surface area contributed by atoms with Crippen LogP contribution in [0.1, 0.15) is 16.1 Å². The van der Waals surface area contributed by atoms with Crippen LogP contribution in [0, 0.1) is 6.92 Å². The van der Waals surface area contributed by atoms with Crippen molar-refractivity contribution in [2.45, 2.75) is 6.92 Å². The number of aryl methyl sites for hydroxylation is 1. The van der Waals surface area contributed by atoms with Gasteiger partial charge in [-0.3, -0.25) is 4.79 Å². The molecule has 1 heterocycles. The molecule has 0 spiro atoms. The second-order valence-corrected chi connectivity index (χ2v) is 5.59. The maximum Gasteiger partial charge on any atom is 0.257 e. The first kappa shape index (κ1) is 17.5. The molecule has 0 bridgehead atoms. The zero-order valence-electron chi connectivity index (χ0n) is 14.7. The van der Waals surface area contributed by atoms with E-state index in [1.807, 2.05) is 54.6 Å². The highest BCUT2D eigenvalue weighted by Gasteiger charge is 2.23. The summed E-state index contributed by atoms with van der Waals surface area (Å²) in [6, 6.07) is 16.8. The number of carbonyl (C=O) groups is 1. The third kappa shape index (κ3) is 3.85. The second kappa shape index (κ2) is 8.20. The Morgan fingerprint density at radius 1 is 1.12 bits per heavy atom. The fourth-order valence-electron chi connectivity index (χ4n) is 2.59. The van der Waals surface area contributed by atoms with Crippen molar-refractivity contribution in [3.05, 3.63) is 65.9 Å². The minimum atomic E-state index is -0.263. The van der Waals surface area contributed by atoms with Gasteiger partial charge < -0.3 is 19.3 Å². The van der Waals surface area contributed by atoms with Gasteiger partial charge in [0.2, 0.25) is 0 Å². The Hall–Kier alpha value is -3.28. The third-order valence-corrected chi connectivity index (χ3v) is 3.84. The van der Waals surface area contributed by atoms with Gasteiger partial charge in [-0.15, -0.1) is 0 Å². The van der Waals surface area contributed by atoms with Crippen LogP contribution in [0.4, 0.5) is 0 Å². The van der Waals surface area contributed by atoms with Gasteiger partial charge in [0.1, 0.15) is 23.7 Å². The molecule has 0 atom stereocenters. The minimum absolute atomic E-state index is 0.263. The average molecular weight is 352 g/mol. The van der Waals surface area contributed by atoms with Gasteiger partial charge in [0.25, 0.3) is 5.91 Å². The number of carbonyl (C=O) groups excluding carboxylic acids is 1. The van der Waals surface area contributed by atoms with Crippen molar-refractivity contribution in [3.8, 4) is 22.8 Å². The zero-order chi connectivity index (χ0) is 18.4. The molecule has 0 aliphatic rings. The highest BCUT2D eigenvalue weighted by molar-refractivity contribution is 6.01. The number of nitrogens with one attached hydrogen (secondary N) is 1. The lowest BCUT2D eigenvalue weighted by molar-refractivity contribution is 0.0946. The highest BCUT2D eigenvalue weighted by Crippen LogP contribution is 2.33. The lowest BCUT2D eigenvalue weighted by atomic mass is 10.1. The van der Waals surface area contributed by atoms with Gasteiger partial charge in [0, 0.05) is 0 Å². The molecule has 0 unspecified atom stereocenters. The van der Waals surface area contributed by atoms with Crippen LogP contribution in [0.2, 0.25) is 0 Å². The molecule has 0 aliphatic carbocycles. The number of aromatic nitrogens is 1. The van der Waals surface area contributed by atoms with Crippen LogP contribution < -0.4 is 14.8 Å². The molecule has 1 amide bonds. The molecule has 26 heavy (non-hydrogen) atoms. The fraction of sp³-hybridized carbons (Fsp3) is 0.200. The van der Waals surface area contributed by atoms with Crippen molar-refractivity contribution in [3.63, 3.8) is 0 Å². The zero-order valence-corrected chi connectivity index (χ0v) is 14.7. The standard InChI is InChI=1S/C20H20N2O4/c1-14-18(19(26-22-14)16-10-6-7-11-17(16)24-2)20(23)21-12-13-25-15-8-4-3-5-9-15/h3-11H,12-13H2,1-2H3,(H,21,23). The van der Waals surface area contributed by atoms with Crippen LogP contribution >= 0.6 is 0 Å². The van der Waals surface area contributed by atoms with Crippen LogP contribution in [-0.2, 0) is 0 Å². The van der Waals surface area contributed by atoms with E-state index in [1.165, 1.54) is 0 Å². The van der Waals surface area contributed by atoms with Crippen LogP contribution in [0.3, 0.4) is 0 Å². The van der Waals surface area contributed by atoms with E-state index >= 15 is 0 Å². The largest absolute Gasteiger partial charge is 0.496 e. The number of hydrogen-bond donors (Lipinski definition) is 1. The highest BCUT2D eigenvalue weighted by atomic mass is 16.5. The smallest absolute Gasteiger partial charge is 0.257 e. The van der Waals surface area contributed by atoms with E-state index in [9.17, 15) is 4.79 Å². The first-order valence-corrected chi connectivity index (χ1v) is 8.26. The minimum Gasteiger partial charge on any atom is -0.496 e. The summed E-state index contributed by atoms with van der Waals surface area (Å²) in [6.45, 7) is 2.46. The van der Waals surface area contributed by atoms with Crippen molar-refractivity contribution in [2.75, 3.05) is 20.3 Å². The normalized spacial score (nSPS) is 10.4. The predicted octanol–water partition coefficient (Wildman–Crippen LogP) is 3.47. The van der Waals surface area contributed by atoms with Crippen LogP contribution in [0.5, 0.6) is 11.5 Å². The topological polar surface area (TPSA) is 73.6 Å². The average Bonchev–Trinajstić information content (AvgIpc) is 3.07. The lowest BCUT2D eigenvalue weighted by Crippen LogP contribution is -2.28. The molecule has 0 aliphatic heterocycles. The van der Waals surface area contributed by atoms with E-state index in [4.69, 9.17) is 14.0 Å². The van der Waals surface area contributed by atoms with E-state index in [1.54, 1.807) is 14.0 Å². The molecule has 3 rings (SSSR count). The van der Waals surface area contributed by atoms with E-state index in [0.29, 0.717) is 41.5 Å². The van der Waals surface area contributed by atoms with E-state index in [-0.39, 0.29) is 5.91 Å². The van der Waals surface area contributed by atoms with Gasteiger partial charge in [-0.1, -0.05) is 35.5 Å². The molecule has 6 nitrogen and oxygen atoms in total. The molecule has 0 saturated carbocycles. The maximum absolute atomic E-state index is 12.6. The molecular weight excluding hydrogens is 332 g/mol. The van der Waals surface area contributed by atoms with E-state index in [0.717, 1.165) is 5.75 Å². The summed E-state index contributed by atoms with van der Waals surface area (Å²) in [6.07, 6.45) is 0. The Bertz CT molecular complexity index is 875. The van der Waals surface area contributed by atoms with Gasteiger partial charge in [-0.05, 0) is 31.2 Å². The van der Waals surface area contributed by atoms with Crippen LogP contribution in [0.25, 0.3) is 11.3 Å². The fourth-order valence-corrected chi connectivity index (χ4v) is 2.59. The van der Waals surface area contributed by atoms with E-state index < -0.39 is 0 Å². The van der Waals surface area contributed by atoms with Gasteiger partial charge in [-0.25, -0.2) is 0 Å². The molecule has 1 aromatic heterocycles. The summed E-state index contributed by atoms with van der Waals surface area (Å²) in [5.74, 6) is 1.51. The van der Waals surface area contributed by atoms with Crippen LogP contribution in [-0.4, -0.2) is 31.3 Å². The Morgan fingerprint density at radius 2 is 1.85 bits per heavy atom. The first-order chi connectivity index (χ1) is 12.7. The number of rotatable bonds is 7. The summed E-state index contributed by atoms with van der Waals surface area (Å²) in [4.78, 5) is 12.6. The molecular formula is C20H20N2O4. The summed E-state index contributed by atoms with van der Waals surface area (Å²) in [5, 5.41) is 6.78. The van der Waals surface area contributed by atoms with Gasteiger partial charge >= 0.3 is 0 Å². The summed E-state index contributed by atoms with van der Waals surface area (Å²) >= 11 is 0. The quantitative estimate of drug-likeness (QED) is 0.659. The molecule has 1 N–H and O–H groups in total. The third-order valence-electron chi connectivity index (χ3n) is 3.84. The number of methoxy groups -OCH3 is 1. The number of ether oxygens (including phenoxy) is 2. The van der Waals surface area contributed by atoms with Crippen molar-refractivity contribution in [2.24, 2.45) is 0 Å². The Balaban J connectivity index is 1.69. The Kier molecular flexibility index (Phi) is 5.53. The monoisotopic (exact) mass is 352 g/mol. The summed E-state index contributed by atoms with van der Waals surface area (Å²) in [5.41, 5.74) is 1.60. The molecule has 3 aromatic rings. The van der Waals surface area contributed by atoms with Crippen molar-refractivity contribution < 1.29 is 18.8 Å². The molecule has 0 saturated heterocycles. The second-order valence-electron chi connectivity index (χ2n) is 5.59. The summed E-state index contributed by atoms with van der Waals surface area (Å²) < 4.78 is 16.3. The number of para-hydroxylation sites is 2. The van der Waals surface area contributed by atoms with Gasteiger partial charge in [0.15, 0.2) is 5.76 Å². The SMILES string of the molecule is COc1ccccc1-c1onc(C)c1C(=O)NCCOc1ccccc1. The number of hydrogen-bond acceptors (Lipinski definition) is 5. The predicted molar refractivity (Wildman–Crippen MR) is 97.5 cm³/mol. The lowest BCUT2D eigenvalue weighted by Gasteiger charge is -2.09. The van der Waals surface area contributed by atoms with Crippen LogP contribution in [0.15, 0.2) is 59.1 Å². The number of amides is 1. The Labute approximate surface area is 151 Å². The molecule has 2 aromatic carbocycles. The number of nitrogens with zero attached hydrogens (tertiary/aromatic N) is 1. The van der Waals surface area contributed by atoms with Crippen molar-refractivity contribution in [1.82, 2.24) is 10.5 Å². The summed E-state index contributed by atoms with van der Waals surface area (Å²) in [7, 11) is 1.57. The van der Waals surface area contributed by atoms with E-state index in [2.05, 4.69) is 10.5 Å². The van der Waals surface area contributed by atoms with Crippen molar-refractivity contribution in [1.29, 1.82) is 0 Å². The van der Waals surface area contributed by atoms with Gasteiger partial charge in [-0.2, -0.15) is 0 Å². The first-order valence-electron chi connectivity index (χ1n) is 8.26. The molecule has 134 valence electrons. The molecule has 0 radical (unpaired) electrons. The molecule has 6 heteroatoms. The van der Waals surface area contributed by atoms with Gasteiger partial charge in [0.05, 0.1) is 24.9 Å². The maximum atomic E-state index is 12.6. The Morgan fingerprint density at radius 3 is 2.62 bits per heavy atom. The molecule has 0 fully saturated rings. The number of benzene rings is 2.